The van der Waals surface area contributed by atoms with E-state index in [1.807, 2.05) is 11.3 Å². The lowest BCUT2D eigenvalue weighted by atomic mass is 9.83. The minimum absolute atomic E-state index is 0.951. The van der Waals surface area contributed by atoms with Crippen molar-refractivity contribution in [2.24, 2.45) is 0 Å². The molecule has 0 N–H and O–H groups in total. The molecule has 2 aromatic heterocycles. The molecule has 0 bridgehead atoms. The molecule has 2 heterocycles. The molecular weight excluding hydrogens is 673 g/mol. The Morgan fingerprint density at radius 2 is 0.778 bits per heavy atom. The molecule has 10 aromatic carbocycles. The van der Waals surface area contributed by atoms with Crippen molar-refractivity contribution < 1.29 is 4.42 Å². The fourth-order valence-electron chi connectivity index (χ4n) is 9.15. The topological polar surface area (TPSA) is 13.1 Å². The molecule has 0 amide bonds. The quantitative estimate of drug-likeness (QED) is 0.167. The van der Waals surface area contributed by atoms with Crippen LogP contribution in [0.25, 0.3) is 119 Å². The van der Waals surface area contributed by atoms with Crippen LogP contribution in [0.15, 0.2) is 186 Å². The molecule has 0 saturated heterocycles. The first-order valence-corrected chi connectivity index (χ1v) is 19.3. The molecule has 0 saturated carbocycles. The predicted octanol–water partition coefficient (Wildman–Crippen LogP) is 15.6. The second kappa shape index (κ2) is 11.4. The zero-order chi connectivity index (χ0) is 35.3. The molecule has 0 atom stereocenters. The number of hydrogen-bond donors (Lipinski definition) is 0. The molecule has 1 nitrogen and oxygen atoms in total. The van der Waals surface area contributed by atoms with Crippen LogP contribution in [-0.2, 0) is 0 Å². The molecule has 54 heavy (non-hydrogen) atoms. The molecule has 0 spiro atoms. The standard InChI is InChI=1S/C52H30OS/c1-2-14-31(15-3-1)48-37-20-7-9-22-39(37)49(40-23-10-8-21-38(40)48)41-27-26-35(32-16-4-5-17-33(32)41)45-30-46-43-28-29-44-36-19-12-13-25-47(36)54-52(44)51(43)53-50(46)42-24-11-6-18-34(42)45/h1-30H. The Bertz CT molecular complexity index is 3440. The van der Waals surface area contributed by atoms with E-state index in [1.54, 1.807) is 0 Å². The summed E-state index contributed by atoms with van der Waals surface area (Å²) < 4.78 is 9.39. The zero-order valence-corrected chi connectivity index (χ0v) is 30.0. The van der Waals surface area contributed by atoms with Crippen LogP contribution in [0.3, 0.4) is 0 Å². The molecule has 0 radical (unpaired) electrons. The fraction of sp³-hybridized carbons (Fsp3) is 0. The van der Waals surface area contributed by atoms with Crippen molar-refractivity contribution in [1.82, 2.24) is 0 Å². The Hall–Kier alpha value is -6.74. The summed E-state index contributed by atoms with van der Waals surface area (Å²) in [6, 6.07) is 66.7. The van der Waals surface area contributed by atoms with Gasteiger partial charge in [0.25, 0.3) is 0 Å². The summed E-state index contributed by atoms with van der Waals surface area (Å²) in [5.41, 5.74) is 9.40. The highest BCUT2D eigenvalue weighted by molar-refractivity contribution is 7.26. The van der Waals surface area contributed by atoms with Gasteiger partial charge in [0.2, 0.25) is 0 Å². The van der Waals surface area contributed by atoms with Gasteiger partial charge in [0.1, 0.15) is 5.58 Å². The lowest BCUT2D eigenvalue weighted by molar-refractivity contribution is 0.677. The van der Waals surface area contributed by atoms with Gasteiger partial charge in [-0.3, -0.25) is 0 Å². The summed E-state index contributed by atoms with van der Waals surface area (Å²) in [5, 5.41) is 14.7. The monoisotopic (exact) mass is 702 g/mol. The maximum Gasteiger partial charge on any atom is 0.153 e. The predicted molar refractivity (Wildman–Crippen MR) is 233 cm³/mol. The maximum atomic E-state index is 6.90. The van der Waals surface area contributed by atoms with Gasteiger partial charge in [0.05, 0.1) is 4.70 Å². The number of thiophene rings is 1. The van der Waals surface area contributed by atoms with E-state index in [0.717, 1.165) is 27.3 Å². The number of benzene rings is 10. The van der Waals surface area contributed by atoms with Crippen LogP contribution in [0.2, 0.25) is 0 Å². The van der Waals surface area contributed by atoms with Crippen molar-refractivity contribution in [3.8, 4) is 33.4 Å². The second-order valence-electron chi connectivity index (χ2n) is 14.3. The SMILES string of the molecule is c1ccc(-c2c3ccccc3c(-c3ccc(-c4cc5c6ccc7c8ccccc8sc7c6oc5c5ccccc45)c4ccccc34)c3ccccc23)cc1. The number of fused-ring (bicyclic) bond motifs is 12. The highest BCUT2D eigenvalue weighted by Crippen LogP contribution is 2.49. The molecule has 12 rings (SSSR count). The van der Waals surface area contributed by atoms with Gasteiger partial charge in [-0.2, -0.15) is 0 Å². The van der Waals surface area contributed by atoms with Crippen molar-refractivity contribution in [3.63, 3.8) is 0 Å². The summed E-state index contributed by atoms with van der Waals surface area (Å²) in [5.74, 6) is 0. The highest BCUT2D eigenvalue weighted by Gasteiger charge is 2.22. The van der Waals surface area contributed by atoms with Crippen LogP contribution in [0, 0.1) is 0 Å². The van der Waals surface area contributed by atoms with Crippen molar-refractivity contribution >= 4 is 96.5 Å². The average molecular weight is 703 g/mol. The number of hydrogen-bond acceptors (Lipinski definition) is 2. The molecule has 0 aliphatic carbocycles. The van der Waals surface area contributed by atoms with E-state index in [4.69, 9.17) is 4.42 Å². The van der Waals surface area contributed by atoms with Gasteiger partial charge in [-0.05, 0) is 89.3 Å². The van der Waals surface area contributed by atoms with Crippen LogP contribution < -0.4 is 0 Å². The average Bonchev–Trinajstić information content (AvgIpc) is 3.81. The minimum Gasteiger partial charge on any atom is -0.454 e. The zero-order valence-electron chi connectivity index (χ0n) is 29.1. The third kappa shape index (κ3) is 4.14. The fourth-order valence-corrected chi connectivity index (χ4v) is 10.3. The first-order chi connectivity index (χ1) is 26.8. The maximum absolute atomic E-state index is 6.90. The Balaban J connectivity index is 1.15. The third-order valence-electron chi connectivity index (χ3n) is 11.5. The lowest BCUT2D eigenvalue weighted by Crippen LogP contribution is -1.92. The van der Waals surface area contributed by atoms with Crippen LogP contribution >= 0.6 is 11.3 Å². The van der Waals surface area contributed by atoms with E-state index < -0.39 is 0 Å². The Labute approximate surface area is 314 Å². The number of furan rings is 1. The van der Waals surface area contributed by atoms with E-state index in [9.17, 15) is 0 Å². The molecular formula is C52H30OS. The van der Waals surface area contributed by atoms with E-state index in [0.29, 0.717) is 0 Å². The van der Waals surface area contributed by atoms with E-state index in [-0.39, 0.29) is 0 Å². The highest BCUT2D eigenvalue weighted by atomic mass is 32.1. The van der Waals surface area contributed by atoms with E-state index >= 15 is 0 Å². The van der Waals surface area contributed by atoms with Crippen LogP contribution in [0.4, 0.5) is 0 Å². The largest absolute Gasteiger partial charge is 0.454 e. The van der Waals surface area contributed by atoms with Gasteiger partial charge in [0, 0.05) is 31.6 Å². The normalized spacial score (nSPS) is 12.1. The first kappa shape index (κ1) is 29.8. The van der Waals surface area contributed by atoms with Crippen molar-refractivity contribution in [1.29, 1.82) is 0 Å². The summed E-state index contributed by atoms with van der Waals surface area (Å²) in [6.45, 7) is 0. The van der Waals surface area contributed by atoms with E-state index in [1.165, 1.54) is 91.3 Å². The molecule has 0 fully saturated rings. The van der Waals surface area contributed by atoms with E-state index in [2.05, 4.69) is 182 Å². The van der Waals surface area contributed by atoms with Crippen molar-refractivity contribution in [3.05, 3.63) is 182 Å². The minimum atomic E-state index is 0.951. The van der Waals surface area contributed by atoms with Gasteiger partial charge in [-0.1, -0.05) is 164 Å². The molecule has 0 aliphatic rings. The van der Waals surface area contributed by atoms with Gasteiger partial charge >= 0.3 is 0 Å². The van der Waals surface area contributed by atoms with Crippen molar-refractivity contribution in [2.45, 2.75) is 0 Å². The first-order valence-electron chi connectivity index (χ1n) is 18.5. The second-order valence-corrected chi connectivity index (χ2v) is 15.3. The summed E-state index contributed by atoms with van der Waals surface area (Å²) in [7, 11) is 0. The third-order valence-corrected chi connectivity index (χ3v) is 12.7. The molecule has 250 valence electrons. The lowest BCUT2D eigenvalue weighted by Gasteiger charge is -2.20. The summed E-state index contributed by atoms with van der Waals surface area (Å²) in [4.78, 5) is 0. The molecule has 2 heteroatoms. The van der Waals surface area contributed by atoms with Gasteiger partial charge in [0.15, 0.2) is 5.58 Å². The summed E-state index contributed by atoms with van der Waals surface area (Å²) >= 11 is 1.82. The van der Waals surface area contributed by atoms with Crippen LogP contribution in [-0.4, -0.2) is 0 Å². The molecule has 0 unspecified atom stereocenters. The molecule has 0 aliphatic heterocycles. The summed E-state index contributed by atoms with van der Waals surface area (Å²) in [6.07, 6.45) is 0. The van der Waals surface area contributed by atoms with Gasteiger partial charge in [-0.25, -0.2) is 0 Å². The Morgan fingerprint density at radius 3 is 1.46 bits per heavy atom. The smallest absolute Gasteiger partial charge is 0.153 e. The van der Waals surface area contributed by atoms with Crippen LogP contribution in [0.5, 0.6) is 0 Å². The van der Waals surface area contributed by atoms with Gasteiger partial charge < -0.3 is 4.42 Å². The Morgan fingerprint density at radius 1 is 0.296 bits per heavy atom. The Kier molecular flexibility index (Phi) is 6.28. The molecule has 12 aromatic rings. The number of rotatable bonds is 3. The van der Waals surface area contributed by atoms with Crippen LogP contribution in [0.1, 0.15) is 0 Å². The van der Waals surface area contributed by atoms with Gasteiger partial charge in [-0.15, -0.1) is 11.3 Å². The van der Waals surface area contributed by atoms with Crippen molar-refractivity contribution in [2.75, 3.05) is 0 Å².